The van der Waals surface area contributed by atoms with E-state index < -0.39 is 0 Å². The summed E-state index contributed by atoms with van der Waals surface area (Å²) < 4.78 is 0. The van der Waals surface area contributed by atoms with Crippen LogP contribution in [0, 0.1) is 5.92 Å². The van der Waals surface area contributed by atoms with Crippen molar-refractivity contribution in [2.24, 2.45) is 22.4 Å². The van der Waals surface area contributed by atoms with Crippen LogP contribution in [0.15, 0.2) is 4.99 Å². The molecule has 3 nitrogen and oxygen atoms in total. The largest absolute Gasteiger partial charge is 0.370 e. The Morgan fingerprint density at radius 2 is 1.85 bits per heavy atom. The SMILES string of the molecule is CC.CCC(C)CCCN=C(N)N. The number of guanidine groups is 1. The molecule has 0 heterocycles. The summed E-state index contributed by atoms with van der Waals surface area (Å²) in [5.74, 6) is 0.998. The highest BCUT2D eigenvalue weighted by molar-refractivity contribution is 5.75. The third-order valence-electron chi connectivity index (χ3n) is 1.85. The van der Waals surface area contributed by atoms with Gasteiger partial charge < -0.3 is 11.5 Å². The fourth-order valence-corrected chi connectivity index (χ4v) is 0.852. The van der Waals surface area contributed by atoms with Gasteiger partial charge >= 0.3 is 0 Å². The van der Waals surface area contributed by atoms with Crippen molar-refractivity contribution in [1.82, 2.24) is 0 Å². The van der Waals surface area contributed by atoms with Crippen LogP contribution in [0.25, 0.3) is 0 Å². The Bertz CT molecular complexity index is 117. The quantitative estimate of drug-likeness (QED) is 0.393. The van der Waals surface area contributed by atoms with Crippen LogP contribution in [-0.2, 0) is 0 Å². The molecule has 0 amide bonds. The van der Waals surface area contributed by atoms with E-state index in [2.05, 4.69) is 18.8 Å². The van der Waals surface area contributed by atoms with Gasteiger partial charge in [0.2, 0.25) is 0 Å². The second-order valence-electron chi connectivity index (χ2n) is 2.96. The van der Waals surface area contributed by atoms with E-state index in [-0.39, 0.29) is 5.96 Å². The molecule has 0 aliphatic rings. The molecule has 4 N–H and O–H groups in total. The van der Waals surface area contributed by atoms with Gasteiger partial charge in [-0.05, 0) is 18.8 Å². The second kappa shape index (κ2) is 11.3. The van der Waals surface area contributed by atoms with E-state index >= 15 is 0 Å². The van der Waals surface area contributed by atoms with E-state index in [0.717, 1.165) is 18.9 Å². The van der Waals surface area contributed by atoms with Gasteiger partial charge in [-0.1, -0.05) is 34.1 Å². The Hall–Kier alpha value is -0.730. The molecular formula is C10H25N3. The Balaban J connectivity index is 0. The van der Waals surface area contributed by atoms with Crippen LogP contribution in [0.3, 0.4) is 0 Å². The van der Waals surface area contributed by atoms with Crippen LogP contribution in [0.4, 0.5) is 0 Å². The molecular weight excluding hydrogens is 162 g/mol. The summed E-state index contributed by atoms with van der Waals surface area (Å²) in [5.41, 5.74) is 10.3. The van der Waals surface area contributed by atoms with Crippen molar-refractivity contribution in [2.45, 2.75) is 47.0 Å². The van der Waals surface area contributed by atoms with Gasteiger partial charge in [0.25, 0.3) is 0 Å². The summed E-state index contributed by atoms with van der Waals surface area (Å²) in [6.07, 6.45) is 3.54. The molecule has 0 fully saturated rings. The molecule has 3 heteroatoms. The summed E-state index contributed by atoms with van der Waals surface area (Å²) >= 11 is 0. The standard InChI is InChI=1S/C8H19N3.C2H6/c1-3-7(2)5-4-6-11-8(9)10;1-2/h7H,3-6H2,1-2H3,(H4,9,10,11);1-2H3. The molecule has 0 bridgehead atoms. The maximum atomic E-state index is 5.17. The average molecular weight is 187 g/mol. The van der Waals surface area contributed by atoms with E-state index in [1.54, 1.807) is 0 Å². The summed E-state index contributed by atoms with van der Waals surface area (Å²) in [6.45, 7) is 9.22. The van der Waals surface area contributed by atoms with Gasteiger partial charge in [-0.3, -0.25) is 4.99 Å². The molecule has 1 unspecified atom stereocenters. The van der Waals surface area contributed by atoms with E-state index in [4.69, 9.17) is 11.5 Å². The molecule has 0 aliphatic carbocycles. The van der Waals surface area contributed by atoms with Crippen LogP contribution in [0.1, 0.15) is 47.0 Å². The number of rotatable bonds is 5. The first-order chi connectivity index (χ1) is 6.16. The summed E-state index contributed by atoms with van der Waals surface area (Å²) in [4.78, 5) is 3.90. The van der Waals surface area contributed by atoms with Crippen molar-refractivity contribution in [3.05, 3.63) is 0 Å². The highest BCUT2D eigenvalue weighted by Crippen LogP contribution is 2.08. The predicted molar refractivity (Wildman–Crippen MR) is 60.7 cm³/mol. The van der Waals surface area contributed by atoms with Crippen molar-refractivity contribution >= 4 is 5.96 Å². The van der Waals surface area contributed by atoms with Crippen molar-refractivity contribution < 1.29 is 0 Å². The second-order valence-corrected chi connectivity index (χ2v) is 2.96. The number of hydrogen-bond donors (Lipinski definition) is 2. The van der Waals surface area contributed by atoms with Gasteiger partial charge in [0.15, 0.2) is 5.96 Å². The molecule has 0 aromatic rings. The fourth-order valence-electron chi connectivity index (χ4n) is 0.852. The van der Waals surface area contributed by atoms with Crippen molar-refractivity contribution in [2.75, 3.05) is 6.54 Å². The lowest BCUT2D eigenvalue weighted by molar-refractivity contribution is 0.500. The molecule has 80 valence electrons. The molecule has 13 heavy (non-hydrogen) atoms. The minimum atomic E-state index is 0.203. The highest BCUT2D eigenvalue weighted by Gasteiger charge is 1.96. The summed E-state index contributed by atoms with van der Waals surface area (Å²) in [5, 5.41) is 0. The lowest BCUT2D eigenvalue weighted by Crippen LogP contribution is -2.23. The van der Waals surface area contributed by atoms with Crippen molar-refractivity contribution in [3.8, 4) is 0 Å². The lowest BCUT2D eigenvalue weighted by Gasteiger charge is -2.05. The first kappa shape index (κ1) is 14.8. The molecule has 0 aromatic heterocycles. The van der Waals surface area contributed by atoms with Gasteiger partial charge in [-0.25, -0.2) is 0 Å². The molecule has 0 rings (SSSR count). The third kappa shape index (κ3) is 14.2. The van der Waals surface area contributed by atoms with Crippen LogP contribution in [0.5, 0.6) is 0 Å². The van der Waals surface area contributed by atoms with E-state index in [9.17, 15) is 0 Å². The van der Waals surface area contributed by atoms with Gasteiger partial charge in [0.05, 0.1) is 0 Å². The van der Waals surface area contributed by atoms with Crippen LogP contribution < -0.4 is 11.5 Å². The average Bonchev–Trinajstić information content (AvgIpc) is 2.15. The van der Waals surface area contributed by atoms with Crippen LogP contribution in [-0.4, -0.2) is 12.5 Å². The molecule has 0 aliphatic heterocycles. The zero-order valence-electron chi connectivity index (χ0n) is 9.51. The zero-order valence-corrected chi connectivity index (χ0v) is 9.51. The van der Waals surface area contributed by atoms with Gasteiger partial charge in [0.1, 0.15) is 0 Å². The minimum absolute atomic E-state index is 0.203. The van der Waals surface area contributed by atoms with Crippen molar-refractivity contribution in [1.29, 1.82) is 0 Å². The number of aliphatic imine (C=N–C) groups is 1. The van der Waals surface area contributed by atoms with E-state index in [1.807, 2.05) is 13.8 Å². The maximum absolute atomic E-state index is 5.17. The summed E-state index contributed by atoms with van der Waals surface area (Å²) in [6, 6.07) is 0. The Labute approximate surface area is 82.6 Å². The Kier molecular flexibility index (Phi) is 12.8. The molecule has 0 spiro atoms. The topological polar surface area (TPSA) is 64.4 Å². The van der Waals surface area contributed by atoms with Gasteiger partial charge in [-0.15, -0.1) is 0 Å². The Morgan fingerprint density at radius 3 is 2.23 bits per heavy atom. The third-order valence-corrected chi connectivity index (χ3v) is 1.85. The normalized spacial score (nSPS) is 11.1. The van der Waals surface area contributed by atoms with E-state index in [1.165, 1.54) is 12.8 Å². The molecule has 0 aromatic carbocycles. The molecule has 0 saturated carbocycles. The number of hydrogen-bond acceptors (Lipinski definition) is 1. The van der Waals surface area contributed by atoms with Gasteiger partial charge in [0, 0.05) is 6.54 Å². The van der Waals surface area contributed by atoms with Crippen LogP contribution >= 0.6 is 0 Å². The lowest BCUT2D eigenvalue weighted by atomic mass is 10.0. The highest BCUT2D eigenvalue weighted by atomic mass is 15.0. The minimum Gasteiger partial charge on any atom is -0.370 e. The predicted octanol–water partition coefficient (Wildman–Crippen LogP) is 2.11. The first-order valence-corrected chi connectivity index (χ1v) is 5.22. The first-order valence-electron chi connectivity index (χ1n) is 5.22. The zero-order chi connectivity index (χ0) is 10.7. The summed E-state index contributed by atoms with van der Waals surface area (Å²) in [7, 11) is 0. The smallest absolute Gasteiger partial charge is 0.185 e. The number of nitrogens with two attached hydrogens (primary N) is 2. The number of nitrogens with zero attached hydrogens (tertiary/aromatic N) is 1. The maximum Gasteiger partial charge on any atom is 0.185 e. The fraction of sp³-hybridized carbons (Fsp3) is 0.900. The van der Waals surface area contributed by atoms with Crippen molar-refractivity contribution in [3.63, 3.8) is 0 Å². The van der Waals surface area contributed by atoms with Gasteiger partial charge in [-0.2, -0.15) is 0 Å². The molecule has 1 atom stereocenters. The Morgan fingerprint density at radius 1 is 1.31 bits per heavy atom. The van der Waals surface area contributed by atoms with E-state index in [0.29, 0.717) is 0 Å². The molecule has 0 radical (unpaired) electrons. The molecule has 0 saturated heterocycles. The van der Waals surface area contributed by atoms with Crippen LogP contribution in [0.2, 0.25) is 0 Å². The monoisotopic (exact) mass is 187 g/mol.